The minimum Gasteiger partial charge on any atom is -0.345 e. The number of nitrogens with zero attached hydrogens (tertiary/aromatic N) is 2. The van der Waals surface area contributed by atoms with Crippen molar-refractivity contribution >= 4 is 17.2 Å². The molecule has 0 atom stereocenters. The molecule has 0 aliphatic carbocycles. The Hall–Kier alpha value is -1.86. The third-order valence-corrected chi connectivity index (χ3v) is 3.54. The maximum Gasteiger partial charge on any atom is 0.271 e. The van der Waals surface area contributed by atoms with Crippen molar-refractivity contribution in [2.75, 3.05) is 6.54 Å². The molecule has 7 heteroatoms. The first-order valence-corrected chi connectivity index (χ1v) is 7.10. The number of rotatable bonds is 6. The lowest BCUT2D eigenvalue weighted by Gasteiger charge is -2.03. The molecule has 20 heavy (non-hydrogen) atoms. The Labute approximate surface area is 120 Å². The maximum atomic E-state index is 13.3. The second-order valence-electron chi connectivity index (χ2n) is 4.13. The van der Waals surface area contributed by atoms with E-state index in [4.69, 9.17) is 5.73 Å². The molecule has 0 saturated heterocycles. The van der Waals surface area contributed by atoms with Crippen LogP contribution in [-0.4, -0.2) is 22.4 Å². The van der Waals surface area contributed by atoms with Gasteiger partial charge in [-0.2, -0.15) is 0 Å². The number of nitrogens with one attached hydrogen (secondary N) is 1. The molecule has 0 spiro atoms. The van der Waals surface area contributed by atoms with Crippen LogP contribution in [0.5, 0.6) is 0 Å². The summed E-state index contributed by atoms with van der Waals surface area (Å²) in [7, 11) is 0. The number of aryl methyl sites for hydroxylation is 1. The molecule has 2 heterocycles. The topological polar surface area (TPSA) is 80.9 Å². The fraction of sp³-hybridized carbons (Fsp3) is 0.308. The Kier molecular flexibility index (Phi) is 5.14. The quantitative estimate of drug-likeness (QED) is 0.846. The first kappa shape index (κ1) is 14.5. The summed E-state index contributed by atoms with van der Waals surface area (Å²) in [6.07, 6.45) is 3.09. The lowest BCUT2D eigenvalue weighted by atomic mass is 10.3. The van der Waals surface area contributed by atoms with Crippen LogP contribution in [-0.2, 0) is 13.0 Å². The van der Waals surface area contributed by atoms with Gasteiger partial charge in [-0.15, -0.1) is 11.3 Å². The standard InChI is InChI=1S/C13H15FN4OS/c14-9-3-2-6-16-10(9)7-17-13(19)11-8-20-12(18-11)4-1-5-15/h2-3,6,8H,1,4-5,7,15H2,(H,17,19). The molecule has 0 aliphatic rings. The fourth-order valence-electron chi connectivity index (χ4n) is 1.59. The average Bonchev–Trinajstić information content (AvgIpc) is 2.93. The normalized spacial score (nSPS) is 10.5. The molecule has 2 rings (SSSR count). The van der Waals surface area contributed by atoms with Crippen molar-refractivity contribution in [1.82, 2.24) is 15.3 Å². The number of carbonyl (C=O) groups is 1. The van der Waals surface area contributed by atoms with Gasteiger partial charge < -0.3 is 11.1 Å². The zero-order chi connectivity index (χ0) is 14.4. The third kappa shape index (κ3) is 3.82. The van der Waals surface area contributed by atoms with Crippen molar-refractivity contribution in [3.05, 3.63) is 45.9 Å². The molecule has 0 fully saturated rings. The molecule has 0 unspecified atom stereocenters. The summed E-state index contributed by atoms with van der Waals surface area (Å²) in [5, 5.41) is 5.17. The van der Waals surface area contributed by atoms with E-state index < -0.39 is 5.82 Å². The second-order valence-corrected chi connectivity index (χ2v) is 5.08. The first-order valence-electron chi connectivity index (χ1n) is 6.22. The number of carbonyl (C=O) groups excluding carboxylic acids is 1. The Bertz CT molecular complexity index is 587. The Morgan fingerprint density at radius 3 is 3.10 bits per heavy atom. The van der Waals surface area contributed by atoms with Gasteiger partial charge in [-0.05, 0) is 25.1 Å². The predicted octanol–water partition coefficient (Wildman–Crippen LogP) is 1.50. The minimum absolute atomic E-state index is 0.0428. The van der Waals surface area contributed by atoms with Crippen molar-refractivity contribution in [1.29, 1.82) is 0 Å². The SMILES string of the molecule is NCCCc1nc(C(=O)NCc2ncccc2F)cs1. The number of hydrogen-bond acceptors (Lipinski definition) is 5. The van der Waals surface area contributed by atoms with Gasteiger partial charge in [0.2, 0.25) is 0 Å². The van der Waals surface area contributed by atoms with Crippen LogP contribution in [0.4, 0.5) is 4.39 Å². The smallest absolute Gasteiger partial charge is 0.271 e. The fourth-order valence-corrected chi connectivity index (χ4v) is 2.41. The molecule has 2 aromatic rings. The van der Waals surface area contributed by atoms with Gasteiger partial charge in [0.1, 0.15) is 11.5 Å². The number of hydrogen-bond donors (Lipinski definition) is 2. The summed E-state index contributed by atoms with van der Waals surface area (Å²) in [5.41, 5.74) is 5.98. The van der Waals surface area contributed by atoms with E-state index in [0.29, 0.717) is 12.2 Å². The molecular weight excluding hydrogens is 279 g/mol. The van der Waals surface area contributed by atoms with Gasteiger partial charge in [-0.3, -0.25) is 9.78 Å². The Morgan fingerprint density at radius 1 is 1.50 bits per heavy atom. The van der Waals surface area contributed by atoms with E-state index in [1.807, 2.05) is 0 Å². The Balaban J connectivity index is 1.92. The van der Waals surface area contributed by atoms with Gasteiger partial charge in [-0.25, -0.2) is 9.37 Å². The monoisotopic (exact) mass is 294 g/mol. The number of thiazole rings is 1. The molecule has 2 aromatic heterocycles. The van der Waals surface area contributed by atoms with E-state index in [2.05, 4.69) is 15.3 Å². The van der Waals surface area contributed by atoms with E-state index in [-0.39, 0.29) is 18.1 Å². The number of nitrogens with two attached hydrogens (primary N) is 1. The van der Waals surface area contributed by atoms with Crippen molar-refractivity contribution in [2.24, 2.45) is 5.73 Å². The molecule has 0 aromatic carbocycles. The zero-order valence-electron chi connectivity index (χ0n) is 10.8. The van der Waals surface area contributed by atoms with Crippen LogP contribution in [0.25, 0.3) is 0 Å². The molecule has 0 bridgehead atoms. The van der Waals surface area contributed by atoms with Crippen LogP contribution in [0.3, 0.4) is 0 Å². The predicted molar refractivity (Wildman–Crippen MR) is 74.9 cm³/mol. The average molecular weight is 294 g/mol. The zero-order valence-corrected chi connectivity index (χ0v) is 11.6. The van der Waals surface area contributed by atoms with Crippen LogP contribution in [0.2, 0.25) is 0 Å². The molecule has 0 saturated carbocycles. The van der Waals surface area contributed by atoms with Crippen LogP contribution < -0.4 is 11.1 Å². The first-order chi connectivity index (χ1) is 9.70. The lowest BCUT2D eigenvalue weighted by molar-refractivity contribution is 0.0945. The summed E-state index contributed by atoms with van der Waals surface area (Å²) in [5.74, 6) is -0.764. The molecular formula is C13H15FN4OS. The van der Waals surface area contributed by atoms with Gasteiger partial charge in [-0.1, -0.05) is 0 Å². The Morgan fingerprint density at radius 2 is 2.35 bits per heavy atom. The number of aromatic nitrogens is 2. The summed E-state index contributed by atoms with van der Waals surface area (Å²) >= 11 is 1.43. The van der Waals surface area contributed by atoms with Gasteiger partial charge in [0.25, 0.3) is 5.91 Å². The largest absolute Gasteiger partial charge is 0.345 e. The second kappa shape index (κ2) is 7.06. The van der Waals surface area contributed by atoms with E-state index in [0.717, 1.165) is 17.8 Å². The van der Waals surface area contributed by atoms with Gasteiger partial charge in [0, 0.05) is 18.0 Å². The highest BCUT2D eigenvalue weighted by Gasteiger charge is 2.11. The van der Waals surface area contributed by atoms with Crippen LogP contribution in [0.15, 0.2) is 23.7 Å². The van der Waals surface area contributed by atoms with Crippen LogP contribution >= 0.6 is 11.3 Å². The highest BCUT2D eigenvalue weighted by Crippen LogP contribution is 2.11. The van der Waals surface area contributed by atoms with Gasteiger partial charge in [0.15, 0.2) is 0 Å². The summed E-state index contributed by atoms with van der Waals surface area (Å²) < 4.78 is 13.3. The minimum atomic E-state index is -0.435. The summed E-state index contributed by atoms with van der Waals surface area (Å²) in [6, 6.07) is 2.81. The summed E-state index contributed by atoms with van der Waals surface area (Å²) in [6.45, 7) is 0.640. The van der Waals surface area contributed by atoms with Gasteiger partial charge in [0.05, 0.1) is 17.2 Å². The number of pyridine rings is 1. The van der Waals surface area contributed by atoms with E-state index >= 15 is 0 Å². The van der Waals surface area contributed by atoms with Crippen molar-refractivity contribution in [2.45, 2.75) is 19.4 Å². The molecule has 0 aliphatic heterocycles. The number of amides is 1. The third-order valence-electron chi connectivity index (χ3n) is 2.63. The molecule has 0 radical (unpaired) electrons. The molecule has 3 N–H and O–H groups in total. The highest BCUT2D eigenvalue weighted by molar-refractivity contribution is 7.09. The van der Waals surface area contributed by atoms with E-state index in [9.17, 15) is 9.18 Å². The molecule has 106 valence electrons. The maximum absolute atomic E-state index is 13.3. The van der Waals surface area contributed by atoms with Crippen molar-refractivity contribution in [3.63, 3.8) is 0 Å². The number of halogens is 1. The van der Waals surface area contributed by atoms with Crippen molar-refractivity contribution in [3.8, 4) is 0 Å². The van der Waals surface area contributed by atoms with Crippen molar-refractivity contribution < 1.29 is 9.18 Å². The highest BCUT2D eigenvalue weighted by atomic mass is 32.1. The van der Waals surface area contributed by atoms with E-state index in [1.165, 1.54) is 29.7 Å². The summed E-state index contributed by atoms with van der Waals surface area (Å²) in [4.78, 5) is 20.0. The molecule has 1 amide bonds. The molecule has 5 nitrogen and oxygen atoms in total. The van der Waals surface area contributed by atoms with Gasteiger partial charge >= 0.3 is 0 Å². The lowest BCUT2D eigenvalue weighted by Crippen LogP contribution is -2.24. The van der Waals surface area contributed by atoms with E-state index in [1.54, 1.807) is 5.38 Å². The van der Waals surface area contributed by atoms with Crippen LogP contribution in [0, 0.1) is 5.82 Å². The van der Waals surface area contributed by atoms with Crippen LogP contribution in [0.1, 0.15) is 27.6 Å².